The van der Waals surface area contributed by atoms with Gasteiger partial charge in [0.15, 0.2) is 0 Å². The minimum Gasteiger partial charge on any atom is -0.492 e. The van der Waals surface area contributed by atoms with Crippen LogP contribution < -0.4 is 15.4 Å². The van der Waals surface area contributed by atoms with Gasteiger partial charge in [-0.1, -0.05) is 29.8 Å². The van der Waals surface area contributed by atoms with Gasteiger partial charge in [-0.05, 0) is 75.6 Å². The first-order valence-corrected chi connectivity index (χ1v) is 11.1. The zero-order valence-electron chi connectivity index (χ0n) is 15.7. The van der Waals surface area contributed by atoms with Crippen molar-refractivity contribution in [1.82, 2.24) is 10.6 Å². The molecule has 0 aliphatic carbocycles. The predicted octanol–water partition coefficient (Wildman–Crippen LogP) is 4.90. The van der Waals surface area contributed by atoms with E-state index in [1.54, 1.807) is 36.4 Å². The number of imide groups is 1. The van der Waals surface area contributed by atoms with Crippen molar-refractivity contribution in [2.24, 2.45) is 0 Å². The van der Waals surface area contributed by atoms with E-state index in [2.05, 4.69) is 26.6 Å². The maximum Gasteiger partial charge on any atom is 0.290 e. The van der Waals surface area contributed by atoms with Crippen molar-refractivity contribution in [3.63, 3.8) is 0 Å². The largest absolute Gasteiger partial charge is 0.492 e. The Morgan fingerprint density at radius 3 is 2.63 bits per heavy atom. The fraction of sp³-hybridized carbons (Fsp3) is 0.190. The number of carbonyl (C=O) groups excluding carboxylic acids is 3. The molecule has 1 heterocycles. The quantitative estimate of drug-likeness (QED) is 0.390. The van der Waals surface area contributed by atoms with Gasteiger partial charge < -0.3 is 10.1 Å². The molecule has 0 bridgehead atoms. The Balaban J connectivity index is 1.42. The van der Waals surface area contributed by atoms with E-state index in [9.17, 15) is 14.4 Å². The van der Waals surface area contributed by atoms with Crippen LogP contribution in [0.3, 0.4) is 0 Å². The van der Waals surface area contributed by atoms with E-state index < -0.39 is 5.91 Å². The van der Waals surface area contributed by atoms with Crippen LogP contribution in [0.25, 0.3) is 6.08 Å². The summed E-state index contributed by atoms with van der Waals surface area (Å²) < 4.78 is 6.45. The van der Waals surface area contributed by atoms with Gasteiger partial charge in [0.05, 0.1) is 16.0 Å². The summed E-state index contributed by atoms with van der Waals surface area (Å²) in [5.74, 6) is 0.200. The minimum atomic E-state index is -0.393. The third-order valence-corrected chi connectivity index (χ3v) is 5.79. The second-order valence-corrected chi connectivity index (χ2v) is 8.70. The molecule has 2 N–H and O–H groups in total. The van der Waals surface area contributed by atoms with Crippen LogP contribution in [-0.4, -0.2) is 23.7 Å². The van der Waals surface area contributed by atoms with Gasteiger partial charge in [-0.15, -0.1) is 0 Å². The lowest BCUT2D eigenvalue weighted by Crippen LogP contribution is -2.22. The number of carbonyl (C=O) groups is 3. The predicted molar refractivity (Wildman–Crippen MR) is 121 cm³/mol. The third-order valence-electron chi connectivity index (χ3n) is 4.10. The number of thioether (sulfide) groups is 1. The molecule has 2 aromatic rings. The summed E-state index contributed by atoms with van der Waals surface area (Å²) >= 11 is 10.2. The molecule has 0 unspecified atom stereocenters. The summed E-state index contributed by atoms with van der Waals surface area (Å²) in [7, 11) is 0. The number of benzene rings is 2. The van der Waals surface area contributed by atoms with Crippen molar-refractivity contribution < 1.29 is 19.1 Å². The second-order valence-electron chi connectivity index (χ2n) is 6.40. The summed E-state index contributed by atoms with van der Waals surface area (Å²) in [5, 5.41) is 5.37. The molecule has 0 spiro atoms. The maximum atomic E-state index is 12.0. The average molecular weight is 510 g/mol. The number of hydrogen-bond acceptors (Lipinski definition) is 5. The van der Waals surface area contributed by atoms with Gasteiger partial charge >= 0.3 is 0 Å². The van der Waals surface area contributed by atoms with Gasteiger partial charge in [-0.3, -0.25) is 19.7 Å². The lowest BCUT2D eigenvalue weighted by molar-refractivity contribution is -0.121. The molecule has 0 radical (unpaired) electrons. The molecule has 9 heteroatoms. The highest BCUT2D eigenvalue weighted by Gasteiger charge is 2.24. The van der Waals surface area contributed by atoms with Crippen LogP contribution >= 0.6 is 39.3 Å². The lowest BCUT2D eigenvalue weighted by atomic mass is 10.2. The third kappa shape index (κ3) is 6.62. The Bertz CT molecular complexity index is 995. The fourth-order valence-electron chi connectivity index (χ4n) is 2.60. The molecular weight excluding hydrogens is 492 g/mol. The number of hydrogen-bond donors (Lipinski definition) is 2. The lowest BCUT2D eigenvalue weighted by Gasteiger charge is -2.09. The van der Waals surface area contributed by atoms with Crippen LogP contribution in [0.1, 0.15) is 24.0 Å². The van der Waals surface area contributed by atoms with Gasteiger partial charge in [0.1, 0.15) is 5.75 Å². The molecule has 0 aromatic heterocycles. The van der Waals surface area contributed by atoms with Crippen LogP contribution in [0.4, 0.5) is 4.79 Å². The van der Waals surface area contributed by atoms with Crippen LogP contribution in [0.15, 0.2) is 51.8 Å². The molecular formula is C21H18BrClN2O4S. The van der Waals surface area contributed by atoms with E-state index in [1.165, 1.54) is 0 Å². The highest BCUT2D eigenvalue weighted by Crippen LogP contribution is 2.30. The number of rotatable bonds is 8. The van der Waals surface area contributed by atoms with E-state index in [0.29, 0.717) is 41.7 Å². The summed E-state index contributed by atoms with van der Waals surface area (Å²) in [4.78, 5) is 35.1. The standard InChI is InChI=1S/C21H18BrClN2O4S/c22-16-10-14(11-18-20(27)25-21(28)30-18)5-8-17(16)29-9-1-2-19(26)24-12-13-3-6-15(23)7-4-13/h3-8,10-11H,1-2,9,12H2,(H,24,26)(H,25,27,28)/b18-11-. The summed E-state index contributed by atoms with van der Waals surface area (Å²) in [5.41, 5.74) is 1.75. The first-order valence-electron chi connectivity index (χ1n) is 9.09. The van der Waals surface area contributed by atoms with Gasteiger partial charge in [-0.25, -0.2) is 0 Å². The Morgan fingerprint density at radius 1 is 1.20 bits per heavy atom. The smallest absolute Gasteiger partial charge is 0.290 e. The zero-order chi connectivity index (χ0) is 21.5. The second kappa shape index (κ2) is 10.7. The monoisotopic (exact) mass is 508 g/mol. The zero-order valence-corrected chi connectivity index (χ0v) is 18.9. The number of amides is 3. The van der Waals surface area contributed by atoms with Crippen LogP contribution in [-0.2, 0) is 16.1 Å². The Hall–Kier alpha value is -2.29. The average Bonchev–Trinajstić information content (AvgIpc) is 3.03. The maximum absolute atomic E-state index is 12.0. The van der Waals surface area contributed by atoms with E-state index in [1.807, 2.05) is 12.1 Å². The molecule has 1 fully saturated rings. The van der Waals surface area contributed by atoms with Gasteiger partial charge in [-0.2, -0.15) is 0 Å². The van der Waals surface area contributed by atoms with Crippen molar-refractivity contribution in [1.29, 1.82) is 0 Å². The van der Waals surface area contributed by atoms with E-state index in [0.717, 1.165) is 27.4 Å². The van der Waals surface area contributed by atoms with Gasteiger partial charge in [0.25, 0.3) is 11.1 Å². The molecule has 1 saturated heterocycles. The molecule has 6 nitrogen and oxygen atoms in total. The normalized spacial score (nSPS) is 14.7. The minimum absolute atomic E-state index is 0.0449. The molecule has 3 amide bonds. The van der Waals surface area contributed by atoms with Crippen molar-refractivity contribution in [2.75, 3.05) is 6.61 Å². The Morgan fingerprint density at radius 2 is 1.97 bits per heavy atom. The molecule has 3 rings (SSSR count). The molecule has 1 aliphatic heterocycles. The molecule has 0 saturated carbocycles. The van der Waals surface area contributed by atoms with Gasteiger partial charge in [0.2, 0.25) is 5.91 Å². The van der Waals surface area contributed by atoms with E-state index in [-0.39, 0.29) is 11.1 Å². The van der Waals surface area contributed by atoms with Crippen molar-refractivity contribution in [3.8, 4) is 5.75 Å². The van der Waals surface area contributed by atoms with E-state index in [4.69, 9.17) is 16.3 Å². The molecule has 30 heavy (non-hydrogen) atoms. The number of nitrogens with one attached hydrogen (secondary N) is 2. The van der Waals surface area contributed by atoms with Crippen LogP contribution in [0.5, 0.6) is 5.75 Å². The van der Waals surface area contributed by atoms with Gasteiger partial charge in [0, 0.05) is 18.0 Å². The fourth-order valence-corrected chi connectivity index (χ4v) is 3.92. The van der Waals surface area contributed by atoms with Crippen molar-refractivity contribution >= 4 is 62.4 Å². The molecule has 2 aromatic carbocycles. The highest BCUT2D eigenvalue weighted by atomic mass is 79.9. The van der Waals surface area contributed by atoms with Crippen LogP contribution in [0.2, 0.25) is 5.02 Å². The first kappa shape index (κ1) is 22.4. The van der Waals surface area contributed by atoms with E-state index >= 15 is 0 Å². The molecule has 156 valence electrons. The highest BCUT2D eigenvalue weighted by molar-refractivity contribution is 9.10. The number of ether oxygens (including phenoxy) is 1. The van der Waals surface area contributed by atoms with Crippen molar-refractivity contribution in [3.05, 3.63) is 68.0 Å². The summed E-state index contributed by atoms with van der Waals surface area (Å²) in [6.45, 7) is 0.849. The first-order chi connectivity index (χ1) is 14.4. The SMILES string of the molecule is O=C(CCCOc1ccc(/C=C2\SC(=O)NC2=O)cc1Br)NCc1ccc(Cl)cc1. The summed E-state index contributed by atoms with van der Waals surface area (Å²) in [6, 6.07) is 12.7. The Labute approximate surface area is 191 Å². The molecule has 1 aliphatic rings. The topological polar surface area (TPSA) is 84.5 Å². The number of halogens is 2. The van der Waals surface area contributed by atoms with Crippen LogP contribution in [0, 0.1) is 0 Å². The molecule has 0 atom stereocenters. The summed E-state index contributed by atoms with van der Waals surface area (Å²) in [6.07, 6.45) is 2.57. The van der Waals surface area contributed by atoms with Crippen molar-refractivity contribution in [2.45, 2.75) is 19.4 Å². The Kier molecular flexibility index (Phi) is 7.95.